The minimum Gasteiger partial charge on any atom is -0.460 e. The monoisotopic (exact) mass is 386 g/mol. The normalized spacial score (nSPS) is 18.2. The molecule has 148 valence electrons. The molecule has 0 N–H and O–H groups in total. The molecule has 2 amide bonds. The lowest BCUT2D eigenvalue weighted by molar-refractivity contribution is -0.141. The third-order valence-corrected chi connectivity index (χ3v) is 4.41. The molecule has 1 atom stereocenters. The third-order valence-electron chi connectivity index (χ3n) is 4.41. The van der Waals surface area contributed by atoms with Crippen molar-refractivity contribution < 1.29 is 32.2 Å². The summed E-state index contributed by atoms with van der Waals surface area (Å²) in [6.07, 6.45) is -4.54. The highest BCUT2D eigenvalue weighted by Gasteiger charge is 2.40. The summed E-state index contributed by atoms with van der Waals surface area (Å²) in [7, 11) is 4.36. The fourth-order valence-corrected chi connectivity index (χ4v) is 2.89. The summed E-state index contributed by atoms with van der Waals surface area (Å²) in [4.78, 5) is 27.6. The van der Waals surface area contributed by atoms with E-state index in [-0.39, 0.29) is 24.4 Å². The second-order valence-corrected chi connectivity index (χ2v) is 6.11. The number of esters is 1. The van der Waals surface area contributed by atoms with E-state index in [0.29, 0.717) is 5.70 Å². The molecule has 0 bridgehead atoms. The number of carbonyl (C=O) groups is 2. The van der Waals surface area contributed by atoms with Crippen molar-refractivity contribution in [2.24, 2.45) is 0 Å². The van der Waals surface area contributed by atoms with Crippen molar-refractivity contribution in [2.45, 2.75) is 19.1 Å². The Hall–Kier alpha value is -2.55. The molecule has 0 saturated heterocycles. The number of amides is 2. The van der Waals surface area contributed by atoms with Crippen molar-refractivity contribution in [3.05, 3.63) is 46.7 Å². The Labute approximate surface area is 155 Å². The van der Waals surface area contributed by atoms with Gasteiger partial charge in [-0.15, -0.1) is 0 Å². The Balaban J connectivity index is 2.53. The highest BCUT2D eigenvalue weighted by Crippen LogP contribution is 2.38. The number of alkyl halides is 3. The summed E-state index contributed by atoms with van der Waals surface area (Å²) in [6.45, 7) is 1.72. The zero-order valence-electron chi connectivity index (χ0n) is 15.5. The number of nitrogens with zero attached hydrogens (tertiary/aromatic N) is 2. The molecule has 0 unspecified atom stereocenters. The van der Waals surface area contributed by atoms with Crippen LogP contribution in [0.1, 0.15) is 24.1 Å². The van der Waals surface area contributed by atoms with Gasteiger partial charge in [0.1, 0.15) is 6.61 Å². The molecular formula is C18H21F3N2O4. The highest BCUT2D eigenvalue weighted by atomic mass is 19.4. The van der Waals surface area contributed by atoms with E-state index in [1.807, 2.05) is 0 Å². The van der Waals surface area contributed by atoms with E-state index >= 15 is 0 Å². The van der Waals surface area contributed by atoms with Gasteiger partial charge in [0.15, 0.2) is 0 Å². The standard InChI is InChI=1S/C18H21F3N2O4/c1-11-14(16(24)27-9-8-26-4)15(23(3)17(25)22(11)2)12-6-5-7-13(10-12)18(19,20)21/h5-7,10,15H,8-9H2,1-4H3/t15-/m0/s1. The summed E-state index contributed by atoms with van der Waals surface area (Å²) in [5, 5.41) is 0. The maximum Gasteiger partial charge on any atom is 0.416 e. The Morgan fingerprint density at radius 3 is 2.48 bits per heavy atom. The van der Waals surface area contributed by atoms with Crippen LogP contribution >= 0.6 is 0 Å². The molecule has 1 aromatic rings. The molecule has 1 heterocycles. The summed E-state index contributed by atoms with van der Waals surface area (Å²) >= 11 is 0. The number of methoxy groups -OCH3 is 1. The zero-order valence-corrected chi connectivity index (χ0v) is 15.5. The van der Waals surface area contributed by atoms with Gasteiger partial charge < -0.3 is 19.3 Å². The van der Waals surface area contributed by atoms with Gasteiger partial charge in [0, 0.05) is 26.9 Å². The quantitative estimate of drug-likeness (QED) is 0.576. The van der Waals surface area contributed by atoms with Crippen molar-refractivity contribution in [2.75, 3.05) is 34.4 Å². The number of ether oxygens (including phenoxy) is 2. The molecule has 0 radical (unpaired) electrons. The summed E-state index contributed by atoms with van der Waals surface area (Å²) in [5.74, 6) is -0.710. The van der Waals surface area contributed by atoms with Crippen LogP contribution in [0.4, 0.5) is 18.0 Å². The van der Waals surface area contributed by atoms with Gasteiger partial charge in [-0.05, 0) is 24.6 Å². The molecule has 1 aliphatic rings. The first-order valence-corrected chi connectivity index (χ1v) is 8.14. The Morgan fingerprint density at radius 2 is 1.89 bits per heavy atom. The third kappa shape index (κ3) is 4.24. The van der Waals surface area contributed by atoms with Gasteiger partial charge in [0.05, 0.1) is 23.8 Å². The van der Waals surface area contributed by atoms with Crippen molar-refractivity contribution in [3.63, 3.8) is 0 Å². The van der Waals surface area contributed by atoms with Gasteiger partial charge in [-0.25, -0.2) is 9.59 Å². The minimum atomic E-state index is -4.54. The number of hydrogen-bond donors (Lipinski definition) is 0. The van der Waals surface area contributed by atoms with Gasteiger partial charge in [-0.2, -0.15) is 13.2 Å². The molecule has 0 aliphatic carbocycles. The molecule has 0 saturated carbocycles. The van der Waals surface area contributed by atoms with E-state index < -0.39 is 29.8 Å². The van der Waals surface area contributed by atoms with Crippen LogP contribution in [-0.2, 0) is 20.4 Å². The van der Waals surface area contributed by atoms with Gasteiger partial charge >= 0.3 is 18.2 Å². The predicted octanol–water partition coefficient (Wildman–Crippen LogP) is 3.21. The molecule has 1 aromatic carbocycles. The lowest BCUT2D eigenvalue weighted by Crippen LogP contribution is -2.47. The van der Waals surface area contributed by atoms with E-state index in [2.05, 4.69) is 0 Å². The fraction of sp³-hybridized carbons (Fsp3) is 0.444. The molecule has 0 aromatic heterocycles. The second-order valence-electron chi connectivity index (χ2n) is 6.11. The van der Waals surface area contributed by atoms with Crippen LogP contribution in [0.25, 0.3) is 0 Å². The van der Waals surface area contributed by atoms with Gasteiger partial charge in [0.25, 0.3) is 0 Å². The Morgan fingerprint density at radius 1 is 1.22 bits per heavy atom. The van der Waals surface area contributed by atoms with Crippen LogP contribution in [0.5, 0.6) is 0 Å². The summed E-state index contributed by atoms with van der Waals surface area (Å²) < 4.78 is 49.3. The van der Waals surface area contributed by atoms with Gasteiger partial charge in [-0.1, -0.05) is 12.1 Å². The summed E-state index contributed by atoms with van der Waals surface area (Å²) in [5.41, 5.74) is -0.255. The van der Waals surface area contributed by atoms with Crippen LogP contribution in [0, 0.1) is 0 Å². The van der Waals surface area contributed by atoms with E-state index in [1.165, 1.54) is 43.1 Å². The van der Waals surface area contributed by atoms with E-state index in [1.54, 1.807) is 6.92 Å². The lowest BCUT2D eigenvalue weighted by Gasteiger charge is -2.39. The fourth-order valence-electron chi connectivity index (χ4n) is 2.89. The highest BCUT2D eigenvalue weighted by molar-refractivity contribution is 5.95. The average molecular weight is 386 g/mol. The van der Waals surface area contributed by atoms with E-state index in [4.69, 9.17) is 9.47 Å². The SMILES string of the molecule is COCCOC(=O)C1=C(C)N(C)C(=O)N(C)[C@H]1c1cccc(C(F)(F)F)c1. The summed E-state index contributed by atoms with van der Waals surface area (Å²) in [6, 6.07) is 3.14. The van der Waals surface area contributed by atoms with Crippen LogP contribution in [-0.4, -0.2) is 56.2 Å². The number of likely N-dealkylation sites (N-methyl/N-ethyl adjacent to an activating group) is 1. The smallest absolute Gasteiger partial charge is 0.416 e. The molecular weight excluding hydrogens is 365 g/mol. The molecule has 6 nitrogen and oxygen atoms in total. The average Bonchev–Trinajstić information content (AvgIpc) is 2.62. The molecule has 0 fully saturated rings. The molecule has 2 rings (SSSR count). The first kappa shape index (κ1) is 20.8. The minimum absolute atomic E-state index is 0.0111. The Bertz CT molecular complexity index is 761. The molecule has 1 aliphatic heterocycles. The number of rotatable bonds is 5. The van der Waals surface area contributed by atoms with E-state index in [9.17, 15) is 22.8 Å². The van der Waals surface area contributed by atoms with Crippen LogP contribution in [0.3, 0.4) is 0 Å². The topological polar surface area (TPSA) is 59.1 Å². The second kappa shape index (κ2) is 7.99. The number of benzene rings is 1. The number of allylic oxidation sites excluding steroid dienone is 1. The maximum atomic E-state index is 13.1. The molecule has 0 spiro atoms. The predicted molar refractivity (Wildman–Crippen MR) is 90.6 cm³/mol. The molecule has 9 heteroatoms. The van der Waals surface area contributed by atoms with Crippen LogP contribution in [0.15, 0.2) is 35.5 Å². The first-order valence-electron chi connectivity index (χ1n) is 8.14. The largest absolute Gasteiger partial charge is 0.460 e. The van der Waals surface area contributed by atoms with Crippen LogP contribution in [0.2, 0.25) is 0 Å². The van der Waals surface area contributed by atoms with Crippen molar-refractivity contribution in [3.8, 4) is 0 Å². The maximum absolute atomic E-state index is 13.1. The molecule has 27 heavy (non-hydrogen) atoms. The first-order chi connectivity index (χ1) is 12.6. The van der Waals surface area contributed by atoms with Crippen molar-refractivity contribution >= 4 is 12.0 Å². The van der Waals surface area contributed by atoms with Gasteiger partial charge in [-0.3, -0.25) is 0 Å². The number of hydrogen-bond acceptors (Lipinski definition) is 4. The number of halogens is 3. The van der Waals surface area contributed by atoms with Gasteiger partial charge in [0.2, 0.25) is 0 Å². The number of carbonyl (C=O) groups excluding carboxylic acids is 2. The van der Waals surface area contributed by atoms with Crippen LogP contribution < -0.4 is 0 Å². The van der Waals surface area contributed by atoms with Crippen molar-refractivity contribution in [1.29, 1.82) is 0 Å². The number of urea groups is 1. The van der Waals surface area contributed by atoms with Crippen molar-refractivity contribution in [1.82, 2.24) is 9.80 Å². The Kier molecular flexibility index (Phi) is 6.15. The zero-order chi connectivity index (χ0) is 20.4. The lowest BCUT2D eigenvalue weighted by atomic mass is 9.92. The van der Waals surface area contributed by atoms with E-state index in [0.717, 1.165) is 12.1 Å².